The van der Waals surface area contributed by atoms with Gasteiger partial charge in [-0.2, -0.15) is 0 Å². The summed E-state index contributed by atoms with van der Waals surface area (Å²) < 4.78 is 0. The molecule has 0 spiro atoms. The van der Waals surface area contributed by atoms with Crippen LogP contribution in [0.4, 0.5) is 0 Å². The van der Waals surface area contributed by atoms with Gasteiger partial charge in [0.15, 0.2) is 0 Å². The summed E-state index contributed by atoms with van der Waals surface area (Å²) in [6.07, 6.45) is 3.49. The first-order chi connectivity index (χ1) is 10.3. The molecular formula is C20H27N. The summed E-state index contributed by atoms with van der Waals surface area (Å²) in [6.45, 7) is 6.60. The van der Waals surface area contributed by atoms with Gasteiger partial charge >= 0.3 is 0 Å². The molecule has 0 aromatic heterocycles. The Morgan fingerprint density at radius 3 is 2.33 bits per heavy atom. The van der Waals surface area contributed by atoms with Crippen molar-refractivity contribution < 1.29 is 0 Å². The van der Waals surface area contributed by atoms with E-state index in [0.717, 1.165) is 25.9 Å². The Morgan fingerprint density at radius 2 is 1.62 bits per heavy atom. The molecule has 112 valence electrons. The van der Waals surface area contributed by atoms with Crippen molar-refractivity contribution in [3.05, 3.63) is 71.3 Å². The summed E-state index contributed by atoms with van der Waals surface area (Å²) in [4.78, 5) is 0. The number of benzene rings is 2. The first kappa shape index (κ1) is 15.8. The molecular weight excluding hydrogens is 254 g/mol. The molecule has 1 nitrogen and oxygen atoms in total. The number of aryl methyl sites for hydroxylation is 1. The highest BCUT2D eigenvalue weighted by molar-refractivity contribution is 5.23. The molecule has 1 heteroatoms. The highest BCUT2D eigenvalue weighted by atomic mass is 14.8. The average molecular weight is 281 g/mol. The van der Waals surface area contributed by atoms with Crippen LogP contribution < -0.4 is 5.32 Å². The van der Waals surface area contributed by atoms with Crippen molar-refractivity contribution in [2.75, 3.05) is 13.1 Å². The Morgan fingerprint density at radius 1 is 0.905 bits per heavy atom. The minimum Gasteiger partial charge on any atom is -0.316 e. The lowest BCUT2D eigenvalue weighted by Gasteiger charge is -2.18. The van der Waals surface area contributed by atoms with E-state index in [1.165, 1.54) is 23.1 Å². The zero-order chi connectivity index (χ0) is 14.9. The summed E-state index contributed by atoms with van der Waals surface area (Å²) in [5.74, 6) is 0.653. The number of hydrogen-bond acceptors (Lipinski definition) is 1. The molecule has 0 heterocycles. The molecule has 0 saturated heterocycles. The van der Waals surface area contributed by atoms with Crippen LogP contribution in [0.2, 0.25) is 0 Å². The molecule has 2 rings (SSSR count). The van der Waals surface area contributed by atoms with Gasteiger partial charge in [-0.25, -0.2) is 0 Å². The average Bonchev–Trinajstić information content (AvgIpc) is 2.48. The molecule has 0 fully saturated rings. The summed E-state index contributed by atoms with van der Waals surface area (Å²) in [6, 6.07) is 19.8. The zero-order valence-corrected chi connectivity index (χ0v) is 13.3. The van der Waals surface area contributed by atoms with E-state index in [-0.39, 0.29) is 0 Å². The molecule has 2 aromatic carbocycles. The summed E-state index contributed by atoms with van der Waals surface area (Å²) in [7, 11) is 0. The fourth-order valence-corrected chi connectivity index (χ4v) is 2.82. The van der Waals surface area contributed by atoms with E-state index in [4.69, 9.17) is 0 Å². The van der Waals surface area contributed by atoms with Gasteiger partial charge in [-0.1, -0.05) is 67.1 Å². The van der Waals surface area contributed by atoms with Gasteiger partial charge in [-0.3, -0.25) is 0 Å². The Kier molecular flexibility index (Phi) is 6.49. The normalized spacial score (nSPS) is 12.3. The molecule has 0 radical (unpaired) electrons. The largest absolute Gasteiger partial charge is 0.316 e. The monoisotopic (exact) mass is 281 g/mol. The van der Waals surface area contributed by atoms with Crippen molar-refractivity contribution in [2.24, 2.45) is 5.92 Å². The maximum Gasteiger partial charge on any atom is -0.00142 e. The van der Waals surface area contributed by atoms with Gasteiger partial charge in [-0.15, -0.1) is 0 Å². The zero-order valence-electron chi connectivity index (χ0n) is 13.3. The third-order valence-electron chi connectivity index (χ3n) is 3.83. The van der Waals surface area contributed by atoms with E-state index >= 15 is 0 Å². The van der Waals surface area contributed by atoms with Crippen molar-refractivity contribution in [3.8, 4) is 0 Å². The Bertz CT molecular complexity index is 518. The van der Waals surface area contributed by atoms with Crippen LogP contribution in [-0.2, 0) is 12.8 Å². The fourth-order valence-electron chi connectivity index (χ4n) is 2.82. The quantitative estimate of drug-likeness (QED) is 0.707. The Hall–Kier alpha value is -1.60. The van der Waals surface area contributed by atoms with Crippen LogP contribution in [0.5, 0.6) is 0 Å². The van der Waals surface area contributed by atoms with Crippen molar-refractivity contribution in [2.45, 2.75) is 33.1 Å². The van der Waals surface area contributed by atoms with Crippen molar-refractivity contribution in [1.29, 1.82) is 0 Å². The van der Waals surface area contributed by atoms with E-state index < -0.39 is 0 Å². The number of rotatable bonds is 8. The highest BCUT2D eigenvalue weighted by Gasteiger charge is 2.10. The lowest BCUT2D eigenvalue weighted by molar-refractivity contribution is 0.470. The molecule has 0 aliphatic rings. The number of hydrogen-bond donors (Lipinski definition) is 1. The molecule has 0 aliphatic carbocycles. The molecule has 1 N–H and O–H groups in total. The van der Waals surface area contributed by atoms with Crippen LogP contribution in [0.1, 0.15) is 30.0 Å². The van der Waals surface area contributed by atoms with E-state index in [2.05, 4.69) is 73.8 Å². The van der Waals surface area contributed by atoms with Crippen molar-refractivity contribution in [1.82, 2.24) is 5.32 Å². The minimum absolute atomic E-state index is 0.653. The van der Waals surface area contributed by atoms with Crippen molar-refractivity contribution >= 4 is 0 Å². The van der Waals surface area contributed by atoms with E-state index in [0.29, 0.717) is 5.92 Å². The third kappa shape index (κ3) is 5.73. The molecule has 0 aliphatic heterocycles. The second-order valence-electron chi connectivity index (χ2n) is 5.95. The molecule has 1 unspecified atom stereocenters. The summed E-state index contributed by atoms with van der Waals surface area (Å²) in [5.41, 5.74) is 4.25. The lowest BCUT2D eigenvalue weighted by atomic mass is 9.92. The molecule has 1 atom stereocenters. The van der Waals surface area contributed by atoms with Crippen LogP contribution in [0, 0.1) is 12.8 Å². The van der Waals surface area contributed by atoms with Gasteiger partial charge in [0.25, 0.3) is 0 Å². The van der Waals surface area contributed by atoms with Gasteiger partial charge in [0.05, 0.1) is 0 Å². The Balaban J connectivity index is 2.01. The van der Waals surface area contributed by atoms with E-state index in [9.17, 15) is 0 Å². The second kappa shape index (κ2) is 8.63. The second-order valence-corrected chi connectivity index (χ2v) is 5.95. The summed E-state index contributed by atoms with van der Waals surface area (Å²) >= 11 is 0. The molecule has 2 aromatic rings. The molecule has 0 saturated carbocycles. The smallest absolute Gasteiger partial charge is 0.00142 e. The molecule has 0 bridgehead atoms. The SMILES string of the molecule is CCCNCC(Cc1ccccc1)Cc1cccc(C)c1. The maximum absolute atomic E-state index is 3.59. The van der Waals surface area contributed by atoms with Crippen LogP contribution in [-0.4, -0.2) is 13.1 Å². The topological polar surface area (TPSA) is 12.0 Å². The van der Waals surface area contributed by atoms with Gasteiger partial charge in [-0.05, 0) is 56.3 Å². The van der Waals surface area contributed by atoms with Gasteiger partial charge in [0, 0.05) is 0 Å². The Labute approximate surface area is 129 Å². The van der Waals surface area contributed by atoms with Crippen molar-refractivity contribution in [3.63, 3.8) is 0 Å². The predicted octanol–water partition coefficient (Wildman–Crippen LogP) is 4.40. The fraction of sp³-hybridized carbons (Fsp3) is 0.400. The van der Waals surface area contributed by atoms with E-state index in [1.807, 2.05) is 0 Å². The van der Waals surface area contributed by atoms with Crippen LogP contribution >= 0.6 is 0 Å². The highest BCUT2D eigenvalue weighted by Crippen LogP contribution is 2.15. The number of nitrogens with one attached hydrogen (secondary N) is 1. The van der Waals surface area contributed by atoms with Gasteiger partial charge in [0.2, 0.25) is 0 Å². The maximum atomic E-state index is 3.59. The summed E-state index contributed by atoms with van der Waals surface area (Å²) in [5, 5.41) is 3.59. The van der Waals surface area contributed by atoms with Crippen LogP contribution in [0.3, 0.4) is 0 Å². The van der Waals surface area contributed by atoms with Crippen LogP contribution in [0.25, 0.3) is 0 Å². The first-order valence-corrected chi connectivity index (χ1v) is 8.08. The third-order valence-corrected chi connectivity index (χ3v) is 3.83. The molecule has 0 amide bonds. The predicted molar refractivity (Wildman–Crippen MR) is 91.7 cm³/mol. The van der Waals surface area contributed by atoms with Gasteiger partial charge < -0.3 is 5.32 Å². The first-order valence-electron chi connectivity index (χ1n) is 8.08. The van der Waals surface area contributed by atoms with Crippen LogP contribution in [0.15, 0.2) is 54.6 Å². The minimum atomic E-state index is 0.653. The lowest BCUT2D eigenvalue weighted by Crippen LogP contribution is -2.26. The van der Waals surface area contributed by atoms with Gasteiger partial charge in [0.1, 0.15) is 0 Å². The standard InChI is InChI=1S/C20H27N/c1-3-12-21-16-20(14-18-9-5-4-6-10-18)15-19-11-7-8-17(2)13-19/h4-11,13,20-21H,3,12,14-16H2,1-2H3. The molecule has 21 heavy (non-hydrogen) atoms. The van der Waals surface area contributed by atoms with E-state index in [1.54, 1.807) is 0 Å².